The third-order valence-electron chi connectivity index (χ3n) is 3.98. The molecule has 0 spiro atoms. The van der Waals surface area contributed by atoms with Crippen molar-refractivity contribution in [1.82, 2.24) is 9.78 Å². The van der Waals surface area contributed by atoms with Crippen molar-refractivity contribution in [3.05, 3.63) is 11.8 Å². The number of unbranched alkanes of at least 4 members (excludes halogenated alkanes) is 7. The number of aryl methyl sites for hydroxylation is 1. The first kappa shape index (κ1) is 22.5. The van der Waals surface area contributed by atoms with Crippen LogP contribution in [0.5, 0.6) is 0 Å². The highest BCUT2D eigenvalue weighted by Crippen LogP contribution is 2.23. The van der Waals surface area contributed by atoms with Gasteiger partial charge in [-0.3, -0.25) is 9.48 Å². The molecule has 0 aliphatic rings. The maximum atomic E-state index is 8.58. The summed E-state index contributed by atoms with van der Waals surface area (Å²) in [5.74, 6) is 1.14. The predicted molar refractivity (Wildman–Crippen MR) is 103 cm³/mol. The first-order chi connectivity index (χ1) is 11.4. The zero-order valence-corrected chi connectivity index (χ0v) is 16.4. The van der Waals surface area contributed by atoms with E-state index in [1.165, 1.54) is 51.4 Å². The van der Waals surface area contributed by atoms with Crippen molar-refractivity contribution in [2.75, 3.05) is 11.9 Å². The molecule has 1 rings (SSSR count). The first-order valence-corrected chi connectivity index (χ1v) is 9.30. The number of hydrogen-bond acceptors (Lipinski definition) is 3. The summed E-state index contributed by atoms with van der Waals surface area (Å²) in [5.41, 5.74) is 5.44. The largest absolute Gasteiger partial charge is 0.372 e. The summed E-state index contributed by atoms with van der Waals surface area (Å²) in [6.07, 6.45) is 11.2. The molecule has 0 aliphatic heterocycles. The zero-order chi connectivity index (χ0) is 18.4. The second kappa shape index (κ2) is 12.8. The standard InChI is InChI=1S/C18H35N3.CH3NO/c1-6-7-8-9-10-11-12-13-14-19-17-15-16(18(2,3)4)20-21(17)5;2-1-3/h15,19H,6-14H2,1-5H3;1H,(H2,2,3). The molecule has 0 bridgehead atoms. The monoisotopic (exact) mass is 338 g/mol. The van der Waals surface area contributed by atoms with E-state index in [2.05, 4.69) is 49.9 Å². The molecule has 0 saturated heterocycles. The van der Waals surface area contributed by atoms with Crippen LogP contribution in [-0.2, 0) is 17.3 Å². The van der Waals surface area contributed by atoms with E-state index in [4.69, 9.17) is 4.79 Å². The van der Waals surface area contributed by atoms with Gasteiger partial charge in [-0.2, -0.15) is 5.10 Å². The van der Waals surface area contributed by atoms with Crippen LogP contribution < -0.4 is 11.1 Å². The summed E-state index contributed by atoms with van der Waals surface area (Å²) in [6, 6.07) is 2.19. The molecule has 0 aliphatic carbocycles. The van der Waals surface area contributed by atoms with E-state index in [0.29, 0.717) is 0 Å². The highest BCUT2D eigenvalue weighted by molar-refractivity contribution is 5.42. The summed E-state index contributed by atoms with van der Waals surface area (Å²) in [7, 11) is 2.02. The van der Waals surface area contributed by atoms with Crippen LogP contribution in [0.1, 0.15) is 84.8 Å². The van der Waals surface area contributed by atoms with Crippen LogP contribution in [0.25, 0.3) is 0 Å². The Hall–Kier alpha value is -1.52. The highest BCUT2D eigenvalue weighted by Gasteiger charge is 2.18. The second-order valence-electron chi connectivity index (χ2n) is 7.33. The number of carbonyl (C=O) groups excluding carboxylic acids is 1. The van der Waals surface area contributed by atoms with Crippen LogP contribution in [0.3, 0.4) is 0 Å². The van der Waals surface area contributed by atoms with Gasteiger partial charge in [-0.05, 0) is 6.42 Å². The molecule has 0 aromatic carbocycles. The van der Waals surface area contributed by atoms with E-state index in [9.17, 15) is 0 Å². The van der Waals surface area contributed by atoms with Crippen LogP contribution >= 0.6 is 0 Å². The number of amides is 1. The minimum Gasteiger partial charge on any atom is -0.372 e. The lowest BCUT2D eigenvalue weighted by atomic mass is 9.92. The summed E-state index contributed by atoms with van der Waals surface area (Å²) < 4.78 is 1.96. The van der Waals surface area contributed by atoms with Gasteiger partial charge < -0.3 is 11.1 Å². The molecule has 5 heteroatoms. The molecule has 1 aromatic rings. The molecule has 0 unspecified atom stereocenters. The molecule has 0 atom stereocenters. The molecule has 0 saturated carbocycles. The molecule has 1 amide bonds. The molecule has 0 radical (unpaired) electrons. The molecule has 140 valence electrons. The van der Waals surface area contributed by atoms with Crippen molar-refractivity contribution in [2.24, 2.45) is 12.8 Å². The van der Waals surface area contributed by atoms with Crippen molar-refractivity contribution in [3.63, 3.8) is 0 Å². The molecule has 5 nitrogen and oxygen atoms in total. The van der Waals surface area contributed by atoms with Gasteiger partial charge in [0.1, 0.15) is 5.82 Å². The maximum absolute atomic E-state index is 8.58. The number of carbonyl (C=O) groups is 1. The minimum atomic E-state index is 0.121. The Morgan fingerprint density at radius 3 is 2.08 bits per heavy atom. The lowest BCUT2D eigenvalue weighted by molar-refractivity contribution is -0.106. The van der Waals surface area contributed by atoms with Crippen LogP contribution in [0.4, 0.5) is 5.82 Å². The van der Waals surface area contributed by atoms with E-state index in [1.54, 1.807) is 0 Å². The first-order valence-electron chi connectivity index (χ1n) is 9.30. The van der Waals surface area contributed by atoms with Gasteiger partial charge in [-0.15, -0.1) is 0 Å². The van der Waals surface area contributed by atoms with Gasteiger partial charge >= 0.3 is 0 Å². The van der Waals surface area contributed by atoms with Gasteiger partial charge in [0, 0.05) is 25.1 Å². The van der Waals surface area contributed by atoms with E-state index in [0.717, 1.165) is 18.1 Å². The Bertz CT molecular complexity index is 435. The van der Waals surface area contributed by atoms with Crippen LogP contribution in [-0.4, -0.2) is 22.7 Å². The number of aromatic nitrogens is 2. The number of rotatable bonds is 10. The van der Waals surface area contributed by atoms with Crippen molar-refractivity contribution >= 4 is 12.2 Å². The third kappa shape index (κ3) is 10.3. The topological polar surface area (TPSA) is 72.9 Å². The fourth-order valence-electron chi connectivity index (χ4n) is 2.47. The van der Waals surface area contributed by atoms with Gasteiger partial charge in [0.15, 0.2) is 0 Å². The Morgan fingerprint density at radius 1 is 1.12 bits per heavy atom. The summed E-state index contributed by atoms with van der Waals surface area (Å²) in [5, 5.41) is 8.11. The molecule has 1 heterocycles. The summed E-state index contributed by atoms with van der Waals surface area (Å²) in [6.45, 7) is 9.94. The quantitative estimate of drug-likeness (QED) is 0.491. The fourth-order valence-corrected chi connectivity index (χ4v) is 2.47. The fraction of sp³-hybridized carbons (Fsp3) is 0.789. The summed E-state index contributed by atoms with van der Waals surface area (Å²) in [4.78, 5) is 8.58. The Kier molecular flexibility index (Phi) is 12.0. The molecular formula is C19H38N4O. The highest BCUT2D eigenvalue weighted by atomic mass is 16.1. The normalized spacial score (nSPS) is 10.9. The smallest absolute Gasteiger partial charge is 0.204 e. The van der Waals surface area contributed by atoms with Gasteiger partial charge in [-0.1, -0.05) is 72.6 Å². The Balaban J connectivity index is 0.00000163. The average molecular weight is 339 g/mol. The second-order valence-corrected chi connectivity index (χ2v) is 7.33. The molecule has 1 aromatic heterocycles. The minimum absolute atomic E-state index is 0.121. The number of nitrogens with one attached hydrogen (secondary N) is 1. The SMILES string of the molecule is CCCCCCCCCCNc1cc(C(C)(C)C)nn1C.NC=O. The van der Waals surface area contributed by atoms with Gasteiger partial charge in [0.25, 0.3) is 0 Å². The van der Waals surface area contributed by atoms with Gasteiger partial charge in [0.2, 0.25) is 6.41 Å². The van der Waals surface area contributed by atoms with Crippen molar-refractivity contribution in [2.45, 2.75) is 84.5 Å². The van der Waals surface area contributed by atoms with E-state index >= 15 is 0 Å². The van der Waals surface area contributed by atoms with Crippen molar-refractivity contribution < 1.29 is 4.79 Å². The van der Waals surface area contributed by atoms with Crippen LogP contribution in [0.2, 0.25) is 0 Å². The van der Waals surface area contributed by atoms with Gasteiger partial charge in [-0.25, -0.2) is 0 Å². The van der Waals surface area contributed by atoms with E-state index in [1.807, 2.05) is 11.7 Å². The van der Waals surface area contributed by atoms with Crippen LogP contribution in [0.15, 0.2) is 6.07 Å². The van der Waals surface area contributed by atoms with E-state index in [-0.39, 0.29) is 11.8 Å². The maximum Gasteiger partial charge on any atom is 0.204 e. The lowest BCUT2D eigenvalue weighted by Gasteiger charge is -2.13. The predicted octanol–water partition coefficient (Wildman–Crippen LogP) is 4.37. The molecule has 3 N–H and O–H groups in total. The summed E-state index contributed by atoms with van der Waals surface area (Å²) >= 11 is 0. The molecule has 0 fully saturated rings. The van der Waals surface area contributed by atoms with Crippen molar-refractivity contribution in [3.8, 4) is 0 Å². The molecular weight excluding hydrogens is 300 g/mol. The number of primary amides is 1. The van der Waals surface area contributed by atoms with Gasteiger partial charge in [0.05, 0.1) is 5.69 Å². The number of nitrogens with zero attached hydrogens (tertiary/aromatic N) is 2. The average Bonchev–Trinajstić information content (AvgIpc) is 2.88. The molecule has 24 heavy (non-hydrogen) atoms. The van der Waals surface area contributed by atoms with E-state index < -0.39 is 0 Å². The number of hydrogen-bond donors (Lipinski definition) is 2. The number of nitrogens with two attached hydrogens (primary N) is 1. The van der Waals surface area contributed by atoms with Crippen molar-refractivity contribution in [1.29, 1.82) is 0 Å². The zero-order valence-electron chi connectivity index (χ0n) is 16.4. The Morgan fingerprint density at radius 2 is 1.62 bits per heavy atom. The third-order valence-corrected chi connectivity index (χ3v) is 3.98. The lowest BCUT2D eigenvalue weighted by Crippen LogP contribution is -2.12. The Labute approximate surface area is 148 Å². The van der Waals surface area contributed by atoms with Crippen LogP contribution in [0, 0.1) is 0 Å². The number of anilines is 1.